The van der Waals surface area contributed by atoms with Crippen LogP contribution in [0.2, 0.25) is 5.02 Å². The number of amides is 1. The highest BCUT2D eigenvalue weighted by Gasteiger charge is 2.53. The summed E-state index contributed by atoms with van der Waals surface area (Å²) in [6, 6.07) is 8.70. The van der Waals surface area contributed by atoms with E-state index in [2.05, 4.69) is 48.1 Å². The number of hydrogen-bond acceptors (Lipinski definition) is 6. The van der Waals surface area contributed by atoms with E-state index in [0.717, 1.165) is 62.0 Å². The zero-order valence-electron chi connectivity index (χ0n) is 27.8. The molecule has 252 valence electrons. The summed E-state index contributed by atoms with van der Waals surface area (Å²) in [5.41, 5.74) is 3.52. The molecule has 4 aliphatic rings. The van der Waals surface area contributed by atoms with Crippen LogP contribution in [0.1, 0.15) is 98.8 Å². The van der Waals surface area contributed by atoms with Gasteiger partial charge in [-0.2, -0.15) is 0 Å². The summed E-state index contributed by atoms with van der Waals surface area (Å²) in [5.74, 6) is -0.987. The standard InChI is InChI=1S/C37H45ClF2N4O3/c1-22-15-29-30(19-32(22)38)37(20-31(29)36(2,3)35-42-41-21-47-35)9-11-44(12-10-37)34(45)28-18-25(43(4)24-7-13-46-14-8-24)17-27(28)26-6-5-23(39)16-33(26)40/h5-6,15-16,19,21,24-25,27-28,31H,7-14,17-18,20H2,1-4H3/t25?,27-,28+,31-/m0/s1. The van der Waals surface area contributed by atoms with E-state index in [1.807, 2.05) is 11.8 Å². The fraction of sp³-hybridized carbons (Fsp3) is 0.595. The van der Waals surface area contributed by atoms with Crippen molar-refractivity contribution in [1.82, 2.24) is 20.0 Å². The first-order valence-corrected chi connectivity index (χ1v) is 17.5. The highest BCUT2D eigenvalue weighted by Crippen LogP contribution is 2.58. The van der Waals surface area contributed by atoms with Crippen LogP contribution in [0.4, 0.5) is 8.78 Å². The Morgan fingerprint density at radius 1 is 1.06 bits per heavy atom. The molecule has 2 aromatic carbocycles. The van der Waals surface area contributed by atoms with Gasteiger partial charge in [-0.05, 0) is 111 Å². The molecule has 0 radical (unpaired) electrons. The molecule has 2 aliphatic carbocycles. The van der Waals surface area contributed by atoms with Gasteiger partial charge in [-0.25, -0.2) is 8.78 Å². The lowest BCUT2D eigenvalue weighted by atomic mass is 9.70. The van der Waals surface area contributed by atoms with E-state index in [0.29, 0.717) is 43.4 Å². The molecule has 4 atom stereocenters. The fourth-order valence-electron chi connectivity index (χ4n) is 9.32. The molecule has 1 unspecified atom stereocenters. The largest absolute Gasteiger partial charge is 0.427 e. The predicted molar refractivity (Wildman–Crippen MR) is 176 cm³/mol. The molecule has 1 amide bonds. The van der Waals surface area contributed by atoms with Crippen molar-refractivity contribution in [2.24, 2.45) is 5.92 Å². The number of carbonyl (C=O) groups excluding carboxylic acids is 1. The first kappa shape index (κ1) is 32.7. The molecule has 0 N–H and O–H groups in total. The molecule has 2 aliphatic heterocycles. The second-order valence-electron chi connectivity index (χ2n) is 15.0. The molecule has 10 heteroatoms. The van der Waals surface area contributed by atoms with E-state index in [1.54, 1.807) is 6.07 Å². The second kappa shape index (κ2) is 12.5. The van der Waals surface area contributed by atoms with Crippen molar-refractivity contribution < 1.29 is 22.7 Å². The van der Waals surface area contributed by atoms with Gasteiger partial charge in [0.25, 0.3) is 0 Å². The van der Waals surface area contributed by atoms with Crippen molar-refractivity contribution in [2.75, 3.05) is 33.4 Å². The zero-order chi connectivity index (χ0) is 33.1. The van der Waals surface area contributed by atoms with Crippen LogP contribution in [-0.4, -0.2) is 71.3 Å². The lowest BCUT2D eigenvalue weighted by Crippen LogP contribution is -2.47. The lowest BCUT2D eigenvalue weighted by molar-refractivity contribution is -0.137. The van der Waals surface area contributed by atoms with Gasteiger partial charge in [0.1, 0.15) is 11.6 Å². The maximum atomic E-state index is 15.3. The number of benzene rings is 2. The molecule has 1 spiro atoms. The fourth-order valence-corrected chi connectivity index (χ4v) is 9.49. The van der Waals surface area contributed by atoms with Crippen LogP contribution < -0.4 is 0 Å². The summed E-state index contributed by atoms with van der Waals surface area (Å²) in [6.07, 6.45) is 7.15. The van der Waals surface area contributed by atoms with Crippen LogP contribution in [0, 0.1) is 24.5 Å². The monoisotopic (exact) mass is 666 g/mol. The molecule has 7 rings (SSSR count). The number of nitrogens with zero attached hydrogens (tertiary/aromatic N) is 4. The number of carbonyl (C=O) groups is 1. The number of ether oxygens (including phenoxy) is 1. The molecular formula is C37H45ClF2N4O3. The third kappa shape index (κ3) is 5.80. The third-order valence-corrected chi connectivity index (χ3v) is 12.7. The van der Waals surface area contributed by atoms with E-state index in [-0.39, 0.29) is 40.5 Å². The molecule has 1 saturated carbocycles. The van der Waals surface area contributed by atoms with E-state index in [1.165, 1.54) is 23.6 Å². The molecule has 3 heterocycles. The summed E-state index contributed by atoms with van der Waals surface area (Å²) in [6.45, 7) is 9.08. The molecular weight excluding hydrogens is 622 g/mol. The highest BCUT2D eigenvalue weighted by atomic mass is 35.5. The van der Waals surface area contributed by atoms with Gasteiger partial charge in [-0.1, -0.05) is 37.6 Å². The SMILES string of the molecule is Cc1cc2c(cc1Cl)C1(CCN(C(=O)[C@@H]3CC(N(C)C4CCOCC4)C[C@H]3c3ccc(F)cc3F)CC1)C[C@@H]2C(C)(C)c1nnco1. The van der Waals surface area contributed by atoms with Crippen molar-refractivity contribution in [3.63, 3.8) is 0 Å². The number of halogens is 3. The minimum atomic E-state index is -0.600. The van der Waals surface area contributed by atoms with Gasteiger partial charge < -0.3 is 19.0 Å². The quantitative estimate of drug-likeness (QED) is 0.275. The Bertz CT molecular complexity index is 1620. The van der Waals surface area contributed by atoms with Crippen LogP contribution in [0.25, 0.3) is 0 Å². The number of fused-ring (bicyclic) bond motifs is 2. The minimum Gasteiger partial charge on any atom is -0.427 e. The van der Waals surface area contributed by atoms with Gasteiger partial charge in [-0.15, -0.1) is 10.2 Å². The molecule has 3 fully saturated rings. The van der Waals surface area contributed by atoms with E-state index < -0.39 is 11.6 Å². The summed E-state index contributed by atoms with van der Waals surface area (Å²) < 4.78 is 40.6. The number of hydrogen-bond donors (Lipinski definition) is 0. The number of aryl methyl sites for hydroxylation is 1. The zero-order valence-corrected chi connectivity index (χ0v) is 28.5. The molecule has 7 nitrogen and oxygen atoms in total. The summed E-state index contributed by atoms with van der Waals surface area (Å²) in [5, 5.41) is 9.02. The van der Waals surface area contributed by atoms with Crippen molar-refractivity contribution in [2.45, 2.75) is 100 Å². The van der Waals surface area contributed by atoms with Crippen molar-refractivity contribution >= 4 is 17.5 Å². The van der Waals surface area contributed by atoms with Crippen molar-refractivity contribution in [3.05, 3.63) is 81.5 Å². The Kier molecular flexibility index (Phi) is 8.71. The smallest absolute Gasteiger partial charge is 0.226 e. The second-order valence-corrected chi connectivity index (χ2v) is 15.4. The average molecular weight is 667 g/mol. The number of piperidine rings is 1. The lowest BCUT2D eigenvalue weighted by Gasteiger charge is -2.42. The number of aromatic nitrogens is 2. The predicted octanol–water partition coefficient (Wildman–Crippen LogP) is 7.31. The number of likely N-dealkylation sites (tertiary alicyclic amines) is 1. The Balaban J connectivity index is 1.14. The molecule has 0 bridgehead atoms. The Labute approximate surface area is 281 Å². The van der Waals surface area contributed by atoms with Crippen LogP contribution in [0.3, 0.4) is 0 Å². The van der Waals surface area contributed by atoms with E-state index >= 15 is 4.39 Å². The summed E-state index contributed by atoms with van der Waals surface area (Å²) >= 11 is 6.74. The van der Waals surface area contributed by atoms with Crippen LogP contribution in [-0.2, 0) is 20.4 Å². The van der Waals surface area contributed by atoms with Crippen LogP contribution >= 0.6 is 11.6 Å². The maximum Gasteiger partial charge on any atom is 0.226 e. The topological polar surface area (TPSA) is 71.7 Å². The Morgan fingerprint density at radius 2 is 1.81 bits per heavy atom. The van der Waals surface area contributed by atoms with Gasteiger partial charge in [0.2, 0.25) is 18.2 Å². The van der Waals surface area contributed by atoms with Crippen molar-refractivity contribution in [3.8, 4) is 0 Å². The minimum absolute atomic E-state index is 0.0827. The number of rotatable bonds is 6. The average Bonchev–Trinajstić information content (AvgIpc) is 3.82. The van der Waals surface area contributed by atoms with Gasteiger partial charge in [-0.3, -0.25) is 4.79 Å². The third-order valence-electron chi connectivity index (χ3n) is 12.2. The van der Waals surface area contributed by atoms with Gasteiger partial charge in [0.05, 0.1) is 0 Å². The van der Waals surface area contributed by atoms with E-state index in [4.69, 9.17) is 20.8 Å². The highest BCUT2D eigenvalue weighted by molar-refractivity contribution is 6.31. The van der Waals surface area contributed by atoms with Crippen LogP contribution in [0.5, 0.6) is 0 Å². The maximum absolute atomic E-state index is 15.3. The van der Waals surface area contributed by atoms with Crippen molar-refractivity contribution in [1.29, 1.82) is 0 Å². The molecule has 1 aromatic heterocycles. The van der Waals surface area contributed by atoms with E-state index in [9.17, 15) is 9.18 Å². The van der Waals surface area contributed by atoms with Gasteiger partial charge in [0, 0.05) is 60.8 Å². The normalized spacial score (nSPS) is 26.3. The van der Waals surface area contributed by atoms with Gasteiger partial charge in [0.15, 0.2) is 0 Å². The van der Waals surface area contributed by atoms with Crippen LogP contribution in [0.15, 0.2) is 41.1 Å². The molecule has 47 heavy (non-hydrogen) atoms. The molecule has 2 saturated heterocycles. The first-order valence-electron chi connectivity index (χ1n) is 17.1. The Hall–Kier alpha value is -2.88. The molecule has 3 aromatic rings. The van der Waals surface area contributed by atoms with Gasteiger partial charge >= 0.3 is 0 Å². The Morgan fingerprint density at radius 3 is 2.49 bits per heavy atom. The summed E-state index contributed by atoms with van der Waals surface area (Å²) in [4.78, 5) is 18.9. The first-order chi connectivity index (χ1) is 22.5. The summed E-state index contributed by atoms with van der Waals surface area (Å²) in [7, 11) is 2.13.